The molecule has 4 nitrogen and oxygen atoms in total. The van der Waals surface area contributed by atoms with Crippen LogP contribution in [0.5, 0.6) is 0 Å². The molecule has 0 aliphatic carbocycles. The van der Waals surface area contributed by atoms with Crippen LogP contribution in [0.25, 0.3) is 11.2 Å². The number of hydrogen-bond donors (Lipinski definition) is 1. The number of nitrogens with one attached hydrogen (secondary N) is 1. The summed E-state index contributed by atoms with van der Waals surface area (Å²) in [5.41, 5.74) is 3.33. The van der Waals surface area contributed by atoms with Crippen LogP contribution >= 0.6 is 0 Å². The van der Waals surface area contributed by atoms with Crippen LogP contribution in [-0.2, 0) is 0 Å². The zero-order valence-electron chi connectivity index (χ0n) is 9.09. The number of fused-ring (bicyclic) bond motifs is 1. The highest BCUT2D eigenvalue weighted by atomic mass is 15.3. The molecule has 0 bridgehead atoms. The third-order valence-corrected chi connectivity index (χ3v) is 2.60. The first-order valence-electron chi connectivity index (χ1n) is 5.30. The van der Waals surface area contributed by atoms with Gasteiger partial charge in [-0.3, -0.25) is 0 Å². The van der Waals surface area contributed by atoms with Crippen molar-refractivity contribution in [3.8, 4) is 12.3 Å². The second-order valence-corrected chi connectivity index (χ2v) is 3.69. The summed E-state index contributed by atoms with van der Waals surface area (Å²) >= 11 is 0. The van der Waals surface area contributed by atoms with Gasteiger partial charge in [-0.05, 0) is 18.1 Å². The number of terminal acetylenes is 1. The summed E-state index contributed by atoms with van der Waals surface area (Å²) < 4.78 is 1.68. The van der Waals surface area contributed by atoms with Gasteiger partial charge in [0.25, 0.3) is 0 Å². The first kappa shape index (κ1) is 9.67. The summed E-state index contributed by atoms with van der Waals surface area (Å²) in [5, 5.41) is 7.63. The summed E-state index contributed by atoms with van der Waals surface area (Å²) in [6.07, 6.45) is 13.1. The van der Waals surface area contributed by atoms with Gasteiger partial charge in [-0.15, -0.1) is 6.42 Å². The van der Waals surface area contributed by atoms with Crippen LogP contribution in [-0.4, -0.2) is 21.1 Å². The van der Waals surface area contributed by atoms with E-state index in [0.717, 1.165) is 23.5 Å². The molecule has 0 spiro atoms. The van der Waals surface area contributed by atoms with E-state index in [1.165, 1.54) is 0 Å². The molecule has 1 N–H and O–H groups in total. The number of dihydropyridines is 1. The van der Waals surface area contributed by atoms with Crippen molar-refractivity contribution >= 4 is 11.2 Å². The largest absolute Gasteiger partial charge is 0.387 e. The van der Waals surface area contributed by atoms with Crippen molar-refractivity contribution in [2.75, 3.05) is 6.54 Å². The minimum atomic E-state index is 0.662. The van der Waals surface area contributed by atoms with Gasteiger partial charge in [0, 0.05) is 18.3 Å². The second kappa shape index (κ2) is 3.80. The Morgan fingerprint density at radius 2 is 2.35 bits per heavy atom. The molecule has 82 valence electrons. The Morgan fingerprint density at radius 1 is 1.41 bits per heavy atom. The van der Waals surface area contributed by atoms with E-state index in [-0.39, 0.29) is 0 Å². The number of nitrogens with zero attached hydrogens (tertiary/aromatic N) is 3. The fraction of sp³-hybridized carbons (Fsp3) is 0.0769. The molecule has 0 saturated carbocycles. The lowest BCUT2D eigenvalue weighted by Crippen LogP contribution is -2.10. The van der Waals surface area contributed by atoms with Gasteiger partial charge in [0.15, 0.2) is 5.65 Å². The Kier molecular flexibility index (Phi) is 2.16. The van der Waals surface area contributed by atoms with E-state index in [9.17, 15) is 0 Å². The van der Waals surface area contributed by atoms with Gasteiger partial charge in [-0.2, -0.15) is 5.10 Å². The molecule has 0 radical (unpaired) electrons. The third-order valence-electron chi connectivity index (χ3n) is 2.60. The van der Waals surface area contributed by atoms with Gasteiger partial charge in [0.1, 0.15) is 5.69 Å². The Morgan fingerprint density at radius 3 is 3.12 bits per heavy atom. The van der Waals surface area contributed by atoms with E-state index >= 15 is 0 Å². The fourth-order valence-electron chi connectivity index (χ4n) is 1.76. The molecule has 0 unspecified atom stereocenters. The Labute approximate surface area is 98.7 Å². The number of hydrogen-bond acceptors (Lipinski definition) is 3. The quantitative estimate of drug-likeness (QED) is 0.737. The summed E-state index contributed by atoms with van der Waals surface area (Å²) in [7, 11) is 0. The van der Waals surface area contributed by atoms with Gasteiger partial charge >= 0.3 is 0 Å². The van der Waals surface area contributed by atoms with E-state index in [1.54, 1.807) is 10.7 Å². The van der Waals surface area contributed by atoms with Crippen molar-refractivity contribution < 1.29 is 0 Å². The molecule has 0 aromatic carbocycles. The van der Waals surface area contributed by atoms with Crippen molar-refractivity contribution in [2.45, 2.75) is 0 Å². The normalized spacial score (nSPS) is 14.2. The van der Waals surface area contributed by atoms with E-state index < -0.39 is 0 Å². The first-order chi connectivity index (χ1) is 8.38. The Bertz CT molecular complexity index is 670. The average molecular weight is 222 g/mol. The highest BCUT2D eigenvalue weighted by molar-refractivity contribution is 5.72. The molecular weight excluding hydrogens is 212 g/mol. The minimum Gasteiger partial charge on any atom is -0.387 e. The number of rotatable bonds is 1. The van der Waals surface area contributed by atoms with Crippen LogP contribution in [0, 0.1) is 12.3 Å². The summed E-state index contributed by atoms with van der Waals surface area (Å²) in [6, 6.07) is 3.85. The molecule has 1 aliphatic heterocycles. The van der Waals surface area contributed by atoms with E-state index in [4.69, 9.17) is 6.42 Å². The van der Waals surface area contributed by atoms with Gasteiger partial charge in [-0.1, -0.05) is 12.2 Å². The third kappa shape index (κ3) is 1.58. The fourth-order valence-corrected chi connectivity index (χ4v) is 1.76. The lowest BCUT2D eigenvalue weighted by Gasteiger charge is -2.08. The molecule has 3 rings (SSSR count). The number of imidazole rings is 1. The molecule has 0 atom stereocenters. The highest BCUT2D eigenvalue weighted by Gasteiger charge is 2.06. The molecule has 0 saturated heterocycles. The van der Waals surface area contributed by atoms with Crippen molar-refractivity contribution in [1.29, 1.82) is 0 Å². The highest BCUT2D eigenvalue weighted by Crippen LogP contribution is 2.15. The summed E-state index contributed by atoms with van der Waals surface area (Å²) in [6.45, 7) is 0.854. The van der Waals surface area contributed by atoms with Crippen molar-refractivity contribution in [3.63, 3.8) is 0 Å². The maximum atomic E-state index is 5.40. The number of aromatic nitrogens is 3. The molecule has 17 heavy (non-hydrogen) atoms. The predicted molar refractivity (Wildman–Crippen MR) is 66.0 cm³/mol. The molecule has 3 heterocycles. The zero-order chi connectivity index (χ0) is 11.7. The summed E-state index contributed by atoms with van der Waals surface area (Å²) in [4.78, 5) is 4.18. The molecule has 2 aromatic rings. The maximum Gasteiger partial charge on any atom is 0.154 e. The van der Waals surface area contributed by atoms with Crippen molar-refractivity contribution in [1.82, 2.24) is 19.9 Å². The summed E-state index contributed by atoms with van der Waals surface area (Å²) in [5.74, 6) is 2.56. The van der Waals surface area contributed by atoms with Gasteiger partial charge in [0.2, 0.25) is 0 Å². The SMILES string of the molecule is C#Cc1cnc2ccc(C3=CNCC=C3)nn12. The smallest absolute Gasteiger partial charge is 0.154 e. The second-order valence-electron chi connectivity index (χ2n) is 3.69. The van der Waals surface area contributed by atoms with Gasteiger partial charge < -0.3 is 5.32 Å². The molecular formula is C13H10N4. The average Bonchev–Trinajstić information content (AvgIpc) is 2.81. The van der Waals surface area contributed by atoms with Crippen LogP contribution in [0.2, 0.25) is 0 Å². The lowest BCUT2D eigenvalue weighted by atomic mass is 10.1. The Hall–Kier alpha value is -2.54. The minimum absolute atomic E-state index is 0.662. The van der Waals surface area contributed by atoms with Crippen LogP contribution in [0.4, 0.5) is 0 Å². The molecule has 1 aliphatic rings. The molecule has 0 fully saturated rings. The zero-order valence-corrected chi connectivity index (χ0v) is 9.09. The predicted octanol–water partition coefficient (Wildman–Crippen LogP) is 1.21. The first-order valence-corrected chi connectivity index (χ1v) is 5.30. The maximum absolute atomic E-state index is 5.40. The van der Waals surface area contributed by atoms with Crippen LogP contribution in [0.1, 0.15) is 11.4 Å². The topological polar surface area (TPSA) is 42.2 Å². The van der Waals surface area contributed by atoms with Gasteiger partial charge in [-0.25, -0.2) is 9.50 Å². The van der Waals surface area contributed by atoms with Crippen LogP contribution < -0.4 is 5.32 Å². The molecule has 4 heteroatoms. The van der Waals surface area contributed by atoms with E-state index in [0.29, 0.717) is 5.69 Å². The Balaban J connectivity index is 2.16. The van der Waals surface area contributed by atoms with E-state index in [1.807, 2.05) is 24.4 Å². The molecule has 0 amide bonds. The monoisotopic (exact) mass is 222 g/mol. The molecule has 2 aromatic heterocycles. The number of allylic oxidation sites excluding steroid dienone is 2. The van der Waals surface area contributed by atoms with Crippen LogP contribution in [0.15, 0.2) is 36.7 Å². The lowest BCUT2D eigenvalue weighted by molar-refractivity contribution is 0.904. The standard InChI is InChI=1S/C13H10N4/c1-2-11-9-15-13-6-5-12(16-17(11)13)10-4-3-7-14-8-10/h1,3-6,8-9,14H,7H2. The van der Waals surface area contributed by atoms with Crippen molar-refractivity contribution in [3.05, 3.63) is 48.1 Å². The van der Waals surface area contributed by atoms with Gasteiger partial charge in [0.05, 0.1) is 11.9 Å². The van der Waals surface area contributed by atoms with Crippen LogP contribution in [0.3, 0.4) is 0 Å². The van der Waals surface area contributed by atoms with E-state index in [2.05, 4.69) is 27.4 Å². The van der Waals surface area contributed by atoms with Crippen molar-refractivity contribution in [2.24, 2.45) is 0 Å².